The number of aryl methyl sites for hydroxylation is 1. The van der Waals surface area contributed by atoms with Crippen LogP contribution >= 0.6 is 0 Å². The van der Waals surface area contributed by atoms with Crippen molar-refractivity contribution in [3.63, 3.8) is 0 Å². The van der Waals surface area contributed by atoms with Gasteiger partial charge >= 0.3 is 0 Å². The second-order valence-electron chi connectivity index (χ2n) is 5.44. The molecule has 1 N–H and O–H groups in total. The molecule has 1 aliphatic heterocycles. The number of carbonyl (C=O) groups excluding carboxylic acids is 2. The van der Waals surface area contributed by atoms with Crippen molar-refractivity contribution >= 4 is 11.8 Å². The van der Waals surface area contributed by atoms with Crippen LogP contribution in [0.5, 0.6) is 0 Å². The molecule has 1 atom stereocenters. The fraction of sp³-hybridized carbons (Fsp3) is 0.615. The van der Waals surface area contributed by atoms with E-state index in [1.807, 2.05) is 10.8 Å². The SMILES string of the molecule is CC1C(=O)NC(C)(C)C(=O)N1CCCn1ccnc1. The third-order valence-electron chi connectivity index (χ3n) is 3.45. The Bertz CT molecular complexity index is 467. The van der Waals surface area contributed by atoms with E-state index in [9.17, 15) is 9.59 Å². The lowest BCUT2D eigenvalue weighted by molar-refractivity contribution is -0.152. The molecule has 1 fully saturated rings. The van der Waals surface area contributed by atoms with Crippen molar-refractivity contribution in [2.24, 2.45) is 0 Å². The molecule has 104 valence electrons. The number of nitrogens with zero attached hydrogens (tertiary/aromatic N) is 3. The second-order valence-corrected chi connectivity index (χ2v) is 5.44. The van der Waals surface area contributed by atoms with E-state index in [-0.39, 0.29) is 11.8 Å². The molecule has 2 amide bonds. The van der Waals surface area contributed by atoms with Crippen molar-refractivity contribution in [2.75, 3.05) is 6.54 Å². The first kappa shape index (κ1) is 13.6. The van der Waals surface area contributed by atoms with Gasteiger partial charge in [-0.05, 0) is 27.2 Å². The molecule has 2 rings (SSSR count). The molecular weight excluding hydrogens is 244 g/mol. The minimum atomic E-state index is -0.807. The maximum absolute atomic E-state index is 12.3. The molecule has 19 heavy (non-hydrogen) atoms. The van der Waals surface area contributed by atoms with Crippen LogP contribution in [0.25, 0.3) is 0 Å². The summed E-state index contributed by atoms with van der Waals surface area (Å²) in [5.41, 5.74) is -0.807. The molecule has 1 aromatic rings. The van der Waals surface area contributed by atoms with Crippen molar-refractivity contribution in [1.29, 1.82) is 0 Å². The molecule has 0 bridgehead atoms. The summed E-state index contributed by atoms with van der Waals surface area (Å²) in [6.07, 6.45) is 6.16. The normalized spacial score (nSPS) is 22.5. The maximum Gasteiger partial charge on any atom is 0.248 e. The molecule has 6 nitrogen and oxygen atoms in total. The quantitative estimate of drug-likeness (QED) is 0.856. The van der Waals surface area contributed by atoms with Gasteiger partial charge in [0.2, 0.25) is 11.8 Å². The van der Waals surface area contributed by atoms with Crippen molar-refractivity contribution in [3.8, 4) is 0 Å². The highest BCUT2D eigenvalue weighted by Crippen LogP contribution is 2.18. The molecule has 0 aliphatic carbocycles. The Morgan fingerprint density at radius 1 is 1.37 bits per heavy atom. The van der Waals surface area contributed by atoms with Crippen LogP contribution < -0.4 is 5.32 Å². The molecule has 1 unspecified atom stereocenters. The number of hydrogen-bond acceptors (Lipinski definition) is 3. The lowest BCUT2D eigenvalue weighted by Crippen LogP contribution is -2.67. The molecule has 0 saturated carbocycles. The monoisotopic (exact) mass is 264 g/mol. The van der Waals surface area contributed by atoms with Gasteiger partial charge in [0.15, 0.2) is 0 Å². The van der Waals surface area contributed by atoms with Gasteiger partial charge in [0.1, 0.15) is 11.6 Å². The number of hydrogen-bond donors (Lipinski definition) is 1. The third-order valence-corrected chi connectivity index (χ3v) is 3.45. The summed E-state index contributed by atoms with van der Waals surface area (Å²) in [7, 11) is 0. The predicted octanol–water partition coefficient (Wildman–Crippen LogP) is 0.399. The second kappa shape index (κ2) is 5.03. The zero-order valence-electron chi connectivity index (χ0n) is 11.6. The highest BCUT2D eigenvalue weighted by atomic mass is 16.2. The van der Waals surface area contributed by atoms with E-state index in [0.717, 1.165) is 13.0 Å². The first-order chi connectivity index (χ1) is 8.92. The van der Waals surface area contributed by atoms with Gasteiger partial charge in [-0.3, -0.25) is 9.59 Å². The summed E-state index contributed by atoms with van der Waals surface area (Å²) in [4.78, 5) is 29.8. The van der Waals surface area contributed by atoms with E-state index >= 15 is 0 Å². The lowest BCUT2D eigenvalue weighted by atomic mass is 9.97. The number of piperazine rings is 1. The van der Waals surface area contributed by atoms with Crippen molar-refractivity contribution < 1.29 is 9.59 Å². The largest absolute Gasteiger partial charge is 0.340 e. The van der Waals surface area contributed by atoms with E-state index in [4.69, 9.17) is 0 Å². The highest BCUT2D eigenvalue weighted by Gasteiger charge is 2.42. The summed E-state index contributed by atoms with van der Waals surface area (Å²) < 4.78 is 1.96. The summed E-state index contributed by atoms with van der Waals surface area (Å²) >= 11 is 0. The van der Waals surface area contributed by atoms with Crippen LogP contribution in [0.1, 0.15) is 27.2 Å². The van der Waals surface area contributed by atoms with Gasteiger partial charge in [-0.1, -0.05) is 0 Å². The maximum atomic E-state index is 12.3. The Balaban J connectivity index is 1.96. The Morgan fingerprint density at radius 3 is 2.74 bits per heavy atom. The van der Waals surface area contributed by atoms with E-state index in [2.05, 4.69) is 10.3 Å². The van der Waals surface area contributed by atoms with Gasteiger partial charge in [0.25, 0.3) is 0 Å². The minimum absolute atomic E-state index is 0.0229. The molecule has 0 radical (unpaired) electrons. The number of imidazole rings is 1. The Kier molecular flexibility index (Phi) is 3.59. The fourth-order valence-electron chi connectivity index (χ4n) is 2.28. The van der Waals surface area contributed by atoms with Crippen LogP contribution in [-0.2, 0) is 16.1 Å². The number of nitrogens with one attached hydrogen (secondary N) is 1. The van der Waals surface area contributed by atoms with Crippen molar-refractivity contribution in [1.82, 2.24) is 19.8 Å². The summed E-state index contributed by atoms with van der Waals surface area (Å²) in [5.74, 6) is -0.113. The van der Waals surface area contributed by atoms with Gasteiger partial charge in [-0.2, -0.15) is 0 Å². The molecule has 0 spiro atoms. The predicted molar refractivity (Wildman–Crippen MR) is 70.2 cm³/mol. The molecular formula is C13H20N4O2. The molecule has 2 heterocycles. The first-order valence-electron chi connectivity index (χ1n) is 6.50. The molecule has 0 aromatic carbocycles. The van der Waals surface area contributed by atoms with Crippen LogP contribution in [0.3, 0.4) is 0 Å². The van der Waals surface area contributed by atoms with Crippen molar-refractivity contribution in [2.45, 2.75) is 45.3 Å². The summed E-state index contributed by atoms with van der Waals surface area (Å²) in [5, 5.41) is 2.74. The van der Waals surface area contributed by atoms with Gasteiger partial charge in [0, 0.05) is 25.5 Å². The topological polar surface area (TPSA) is 67.2 Å². The highest BCUT2D eigenvalue weighted by molar-refractivity contribution is 5.99. The van der Waals surface area contributed by atoms with Crippen LogP contribution in [0.4, 0.5) is 0 Å². The van der Waals surface area contributed by atoms with Crippen molar-refractivity contribution in [3.05, 3.63) is 18.7 Å². The smallest absolute Gasteiger partial charge is 0.248 e. The zero-order chi connectivity index (χ0) is 14.0. The van der Waals surface area contributed by atoms with Crippen LogP contribution in [0, 0.1) is 0 Å². The number of amides is 2. The van der Waals surface area contributed by atoms with Gasteiger partial charge in [-0.15, -0.1) is 0 Å². The Hall–Kier alpha value is -1.85. The average Bonchev–Trinajstić information content (AvgIpc) is 2.84. The summed E-state index contributed by atoms with van der Waals surface area (Å²) in [6, 6.07) is -0.400. The number of rotatable bonds is 4. The molecule has 6 heteroatoms. The Labute approximate surface area is 112 Å². The third kappa shape index (κ3) is 2.77. The molecule has 1 aromatic heterocycles. The van der Waals surface area contributed by atoms with E-state index in [1.54, 1.807) is 38.2 Å². The van der Waals surface area contributed by atoms with E-state index in [0.29, 0.717) is 6.54 Å². The summed E-state index contributed by atoms with van der Waals surface area (Å²) in [6.45, 7) is 6.61. The molecule has 1 saturated heterocycles. The zero-order valence-corrected chi connectivity index (χ0v) is 11.6. The number of carbonyl (C=O) groups is 2. The van der Waals surface area contributed by atoms with Gasteiger partial charge in [0.05, 0.1) is 6.33 Å². The fourth-order valence-corrected chi connectivity index (χ4v) is 2.28. The minimum Gasteiger partial charge on any atom is -0.340 e. The molecule has 1 aliphatic rings. The number of aromatic nitrogens is 2. The first-order valence-corrected chi connectivity index (χ1v) is 6.50. The lowest BCUT2D eigenvalue weighted by Gasteiger charge is -2.41. The van der Waals surface area contributed by atoms with Gasteiger partial charge < -0.3 is 14.8 Å². The van der Waals surface area contributed by atoms with Gasteiger partial charge in [-0.25, -0.2) is 4.98 Å². The van der Waals surface area contributed by atoms with Crippen LogP contribution in [0.15, 0.2) is 18.7 Å². The van der Waals surface area contributed by atoms with E-state index in [1.165, 1.54) is 0 Å². The Morgan fingerprint density at radius 2 is 2.11 bits per heavy atom. The van der Waals surface area contributed by atoms with E-state index < -0.39 is 11.6 Å². The van der Waals surface area contributed by atoms with Crippen LogP contribution in [0.2, 0.25) is 0 Å². The standard InChI is InChI=1S/C13H20N4O2/c1-10-11(18)15-13(2,3)12(19)17(10)7-4-6-16-8-5-14-9-16/h5,8-10H,4,6-7H2,1-3H3,(H,15,18). The average molecular weight is 264 g/mol. The van der Waals surface area contributed by atoms with Crippen LogP contribution in [-0.4, -0.2) is 44.4 Å².